The van der Waals surface area contributed by atoms with E-state index in [9.17, 15) is 0 Å². The molecule has 0 amide bonds. The summed E-state index contributed by atoms with van der Waals surface area (Å²) in [5, 5.41) is 0. The van der Waals surface area contributed by atoms with Crippen molar-refractivity contribution in [2.24, 2.45) is 0 Å². The van der Waals surface area contributed by atoms with E-state index < -0.39 is 0 Å². The average Bonchev–Trinajstić information content (AvgIpc) is 2.28. The van der Waals surface area contributed by atoms with Crippen molar-refractivity contribution in [1.29, 1.82) is 0 Å². The second-order valence-corrected chi connectivity index (χ2v) is 3.46. The maximum absolute atomic E-state index is 5.64. The van der Waals surface area contributed by atoms with Crippen molar-refractivity contribution < 1.29 is 9.47 Å². The second-order valence-electron chi connectivity index (χ2n) is 3.46. The van der Waals surface area contributed by atoms with Crippen LogP contribution in [0.1, 0.15) is 32.1 Å². The fourth-order valence-electron chi connectivity index (χ4n) is 2.02. The van der Waals surface area contributed by atoms with Crippen LogP contribution in [0.2, 0.25) is 0 Å². The topological polar surface area (TPSA) is 18.5 Å². The van der Waals surface area contributed by atoms with Gasteiger partial charge in [0.1, 0.15) is 0 Å². The summed E-state index contributed by atoms with van der Waals surface area (Å²) in [5.41, 5.74) is 0. The highest BCUT2D eigenvalue weighted by molar-refractivity contribution is 4.77. The first-order chi connectivity index (χ1) is 5.47. The first-order valence-electron chi connectivity index (χ1n) is 4.70. The lowest BCUT2D eigenvalue weighted by molar-refractivity contribution is -0.141. The quantitative estimate of drug-likeness (QED) is 0.532. The molecular weight excluding hydrogens is 140 g/mol. The molecule has 0 bridgehead atoms. The lowest BCUT2D eigenvalue weighted by Gasteiger charge is -2.30. The van der Waals surface area contributed by atoms with Crippen LogP contribution in [-0.2, 0) is 9.47 Å². The number of hydrogen-bond acceptors (Lipinski definition) is 2. The molecule has 2 unspecified atom stereocenters. The van der Waals surface area contributed by atoms with Crippen molar-refractivity contribution in [3.8, 4) is 0 Å². The Hall–Kier alpha value is -0.0800. The summed E-state index contributed by atoms with van der Waals surface area (Å²) in [6.07, 6.45) is 7.28. The molecule has 1 aliphatic heterocycles. The summed E-state index contributed by atoms with van der Waals surface area (Å²) in [6, 6.07) is 0. The zero-order valence-corrected chi connectivity index (χ0v) is 6.92. The highest BCUT2D eigenvalue weighted by atomic mass is 16.6. The summed E-state index contributed by atoms with van der Waals surface area (Å²) in [6.45, 7) is 1.61. The van der Waals surface area contributed by atoms with Crippen LogP contribution in [0.4, 0.5) is 0 Å². The fourth-order valence-corrected chi connectivity index (χ4v) is 2.02. The Morgan fingerprint density at radius 3 is 1.82 bits per heavy atom. The van der Waals surface area contributed by atoms with Crippen molar-refractivity contribution in [3.63, 3.8) is 0 Å². The van der Waals surface area contributed by atoms with Gasteiger partial charge in [0.25, 0.3) is 0 Å². The molecule has 2 heteroatoms. The third-order valence-electron chi connectivity index (χ3n) is 2.64. The Balaban J connectivity index is 1.93. The van der Waals surface area contributed by atoms with Crippen LogP contribution in [0, 0.1) is 0 Å². The Bertz CT molecular complexity index is 111. The van der Waals surface area contributed by atoms with Crippen LogP contribution in [0.25, 0.3) is 0 Å². The molecule has 64 valence electrons. The van der Waals surface area contributed by atoms with E-state index in [2.05, 4.69) is 0 Å². The molecular formula is C9H16O2. The molecule has 11 heavy (non-hydrogen) atoms. The highest BCUT2D eigenvalue weighted by Gasteiger charge is 2.27. The Morgan fingerprint density at radius 1 is 0.727 bits per heavy atom. The summed E-state index contributed by atoms with van der Waals surface area (Å²) >= 11 is 0. The number of ether oxygens (including phenoxy) is 2. The van der Waals surface area contributed by atoms with Gasteiger partial charge in [-0.2, -0.15) is 0 Å². The van der Waals surface area contributed by atoms with Gasteiger partial charge >= 0.3 is 0 Å². The molecule has 0 radical (unpaired) electrons. The minimum Gasteiger partial charge on any atom is -0.373 e. The van der Waals surface area contributed by atoms with Gasteiger partial charge in [-0.3, -0.25) is 0 Å². The molecule has 2 atom stereocenters. The zero-order valence-electron chi connectivity index (χ0n) is 6.92. The lowest BCUT2D eigenvalue weighted by atomic mass is 10.1. The summed E-state index contributed by atoms with van der Waals surface area (Å²) < 4.78 is 11.3. The zero-order chi connectivity index (χ0) is 7.52. The van der Waals surface area contributed by atoms with Gasteiger partial charge in [-0.25, -0.2) is 0 Å². The van der Waals surface area contributed by atoms with E-state index in [-0.39, 0.29) is 0 Å². The smallest absolute Gasteiger partial charge is 0.0837 e. The van der Waals surface area contributed by atoms with Crippen LogP contribution in [0.15, 0.2) is 0 Å². The predicted molar refractivity (Wildman–Crippen MR) is 42.6 cm³/mol. The predicted octanol–water partition coefficient (Wildman–Crippen LogP) is 1.73. The van der Waals surface area contributed by atoms with Crippen molar-refractivity contribution in [3.05, 3.63) is 0 Å². The highest BCUT2D eigenvalue weighted by Crippen LogP contribution is 2.24. The van der Waals surface area contributed by atoms with Crippen LogP contribution in [0.5, 0.6) is 0 Å². The molecule has 2 rings (SSSR count). The molecule has 1 saturated carbocycles. The Morgan fingerprint density at radius 2 is 1.27 bits per heavy atom. The van der Waals surface area contributed by atoms with Gasteiger partial charge in [-0.05, 0) is 12.8 Å². The van der Waals surface area contributed by atoms with E-state index in [0.29, 0.717) is 12.2 Å². The number of fused-ring (bicyclic) bond motifs is 1. The molecule has 2 nitrogen and oxygen atoms in total. The van der Waals surface area contributed by atoms with Gasteiger partial charge in [0.05, 0.1) is 25.4 Å². The van der Waals surface area contributed by atoms with Gasteiger partial charge in [-0.15, -0.1) is 0 Å². The molecule has 0 spiro atoms. The van der Waals surface area contributed by atoms with Gasteiger partial charge in [-0.1, -0.05) is 19.3 Å². The molecule has 1 heterocycles. The van der Waals surface area contributed by atoms with Crippen molar-refractivity contribution in [1.82, 2.24) is 0 Å². The normalized spacial score (nSPS) is 39.3. The van der Waals surface area contributed by atoms with E-state index in [1.54, 1.807) is 0 Å². The molecule has 0 aromatic rings. The van der Waals surface area contributed by atoms with Crippen molar-refractivity contribution in [2.45, 2.75) is 44.3 Å². The van der Waals surface area contributed by atoms with Crippen molar-refractivity contribution >= 4 is 0 Å². The standard InChI is InChI=1S/C9H16O2/c1-2-4-8-9(5-3-1)11-7-6-10-8/h8-9H,1-7H2. The van der Waals surface area contributed by atoms with Gasteiger partial charge in [0.2, 0.25) is 0 Å². The number of hydrogen-bond donors (Lipinski definition) is 0. The van der Waals surface area contributed by atoms with Gasteiger partial charge in [0, 0.05) is 0 Å². The largest absolute Gasteiger partial charge is 0.373 e. The first kappa shape index (κ1) is 7.56. The third-order valence-corrected chi connectivity index (χ3v) is 2.64. The second kappa shape index (κ2) is 3.55. The van der Waals surface area contributed by atoms with E-state index in [0.717, 1.165) is 13.2 Å². The molecule has 0 aromatic heterocycles. The Kier molecular flexibility index (Phi) is 2.44. The lowest BCUT2D eigenvalue weighted by Crippen LogP contribution is -2.37. The van der Waals surface area contributed by atoms with Crippen LogP contribution < -0.4 is 0 Å². The first-order valence-corrected chi connectivity index (χ1v) is 4.70. The molecule has 0 N–H and O–H groups in total. The average molecular weight is 156 g/mol. The molecule has 1 saturated heterocycles. The van der Waals surface area contributed by atoms with Gasteiger partial charge < -0.3 is 9.47 Å². The minimum atomic E-state index is 0.422. The van der Waals surface area contributed by atoms with E-state index >= 15 is 0 Å². The van der Waals surface area contributed by atoms with Crippen LogP contribution >= 0.6 is 0 Å². The molecule has 2 fully saturated rings. The molecule has 2 aliphatic rings. The van der Waals surface area contributed by atoms with Crippen LogP contribution in [-0.4, -0.2) is 25.4 Å². The molecule has 0 aromatic carbocycles. The third kappa shape index (κ3) is 1.74. The minimum absolute atomic E-state index is 0.422. The monoisotopic (exact) mass is 156 g/mol. The Labute approximate surface area is 67.9 Å². The molecule has 1 aliphatic carbocycles. The summed E-state index contributed by atoms with van der Waals surface area (Å²) in [5.74, 6) is 0. The fraction of sp³-hybridized carbons (Fsp3) is 1.00. The maximum Gasteiger partial charge on any atom is 0.0837 e. The number of rotatable bonds is 0. The van der Waals surface area contributed by atoms with Crippen molar-refractivity contribution in [2.75, 3.05) is 13.2 Å². The van der Waals surface area contributed by atoms with E-state index in [1.165, 1.54) is 32.1 Å². The summed E-state index contributed by atoms with van der Waals surface area (Å²) in [7, 11) is 0. The van der Waals surface area contributed by atoms with Crippen LogP contribution in [0.3, 0.4) is 0 Å². The SMILES string of the molecule is C1CCC2OCCOC2CC1. The summed E-state index contributed by atoms with van der Waals surface area (Å²) in [4.78, 5) is 0. The van der Waals surface area contributed by atoms with E-state index in [1.807, 2.05) is 0 Å². The maximum atomic E-state index is 5.64. The van der Waals surface area contributed by atoms with E-state index in [4.69, 9.17) is 9.47 Å². The van der Waals surface area contributed by atoms with Gasteiger partial charge in [0.15, 0.2) is 0 Å².